The summed E-state index contributed by atoms with van der Waals surface area (Å²) >= 11 is 6.75. The van der Waals surface area contributed by atoms with Crippen LogP contribution in [0.5, 0.6) is 5.75 Å². The van der Waals surface area contributed by atoms with Gasteiger partial charge in [-0.15, -0.1) is 0 Å². The highest BCUT2D eigenvalue weighted by Crippen LogP contribution is 2.22. The molecule has 0 unspecified atom stereocenters. The van der Waals surface area contributed by atoms with Crippen molar-refractivity contribution in [3.63, 3.8) is 0 Å². The number of rotatable bonds is 6. The van der Waals surface area contributed by atoms with Gasteiger partial charge in [0.2, 0.25) is 5.82 Å². The summed E-state index contributed by atoms with van der Waals surface area (Å²) < 4.78 is 16.3. The van der Waals surface area contributed by atoms with Gasteiger partial charge in [0.1, 0.15) is 10.1 Å². The van der Waals surface area contributed by atoms with E-state index in [1.807, 2.05) is 18.2 Å². The second-order valence-electron chi connectivity index (χ2n) is 6.63. The first-order valence-electron chi connectivity index (χ1n) is 9.09. The van der Waals surface area contributed by atoms with E-state index in [1.165, 1.54) is 11.8 Å². The molecule has 0 spiro atoms. The number of piperidine rings is 1. The zero-order valence-electron chi connectivity index (χ0n) is 15.9. The molecule has 2 heterocycles. The van der Waals surface area contributed by atoms with Crippen molar-refractivity contribution in [3.8, 4) is 17.1 Å². The zero-order valence-corrected chi connectivity index (χ0v) is 17.6. The molecule has 150 valence electrons. The van der Waals surface area contributed by atoms with E-state index in [1.54, 1.807) is 13.2 Å². The molecule has 1 aromatic carbocycles. The van der Waals surface area contributed by atoms with Crippen LogP contribution in [0.2, 0.25) is 0 Å². The number of hydrogen-bond donors (Lipinski definition) is 0. The van der Waals surface area contributed by atoms with Crippen LogP contribution in [0.15, 0.2) is 28.8 Å². The Bertz CT molecular complexity index is 819. The minimum absolute atomic E-state index is 0.0651. The van der Waals surface area contributed by atoms with Gasteiger partial charge in [0.15, 0.2) is 6.61 Å². The lowest BCUT2D eigenvalue weighted by atomic mass is 10.00. The molecule has 0 radical (unpaired) electrons. The Hall–Kier alpha value is -2.13. The first-order chi connectivity index (χ1) is 13.5. The molecule has 7 nitrogen and oxygen atoms in total. The predicted molar refractivity (Wildman–Crippen MR) is 111 cm³/mol. The Morgan fingerprint density at radius 1 is 1.39 bits per heavy atom. The molecule has 9 heteroatoms. The highest BCUT2D eigenvalue weighted by atomic mass is 32.2. The number of thiocarbonyl (C=S) groups is 1. The number of likely N-dealkylation sites (tertiary alicyclic amines) is 1. The number of hydrogen-bond acceptors (Lipinski definition) is 8. The Labute approximate surface area is 173 Å². The average molecular weight is 422 g/mol. The van der Waals surface area contributed by atoms with Gasteiger partial charge in [-0.1, -0.05) is 48.2 Å². The minimum atomic E-state index is -0.362. The summed E-state index contributed by atoms with van der Waals surface area (Å²) in [5.74, 6) is 1.90. The number of esters is 1. The lowest BCUT2D eigenvalue weighted by molar-refractivity contribution is -0.142. The fourth-order valence-corrected chi connectivity index (χ4v) is 3.83. The number of thioether (sulfide) groups is 1. The summed E-state index contributed by atoms with van der Waals surface area (Å²) in [5.41, 5.74) is 0.762. The molecule has 3 rings (SSSR count). The molecule has 1 fully saturated rings. The lowest BCUT2D eigenvalue weighted by Crippen LogP contribution is -2.35. The van der Waals surface area contributed by atoms with Gasteiger partial charge in [-0.3, -0.25) is 4.79 Å². The Morgan fingerprint density at radius 2 is 2.18 bits per heavy atom. The SMILES string of the molecule is COc1cccc(-c2noc(COC(=O)CSC(=S)N3CCC(C)CC3)n2)c1. The second-order valence-corrected chi connectivity index (χ2v) is 8.24. The van der Waals surface area contributed by atoms with Crippen LogP contribution in [0.1, 0.15) is 25.7 Å². The van der Waals surface area contributed by atoms with Crippen molar-refractivity contribution in [1.82, 2.24) is 15.0 Å². The van der Waals surface area contributed by atoms with Crippen molar-refractivity contribution in [2.45, 2.75) is 26.4 Å². The Balaban J connectivity index is 1.43. The van der Waals surface area contributed by atoms with Crippen molar-refractivity contribution < 1.29 is 18.8 Å². The summed E-state index contributed by atoms with van der Waals surface area (Å²) in [6.45, 7) is 4.10. The minimum Gasteiger partial charge on any atom is -0.497 e. The molecule has 0 atom stereocenters. The van der Waals surface area contributed by atoms with E-state index in [9.17, 15) is 4.79 Å². The van der Waals surface area contributed by atoms with Crippen molar-refractivity contribution in [1.29, 1.82) is 0 Å². The topological polar surface area (TPSA) is 77.7 Å². The molecule has 1 aliphatic heterocycles. The monoisotopic (exact) mass is 421 g/mol. The maximum Gasteiger partial charge on any atom is 0.316 e. The van der Waals surface area contributed by atoms with Crippen molar-refractivity contribution in [2.24, 2.45) is 5.92 Å². The van der Waals surface area contributed by atoms with E-state index >= 15 is 0 Å². The Morgan fingerprint density at radius 3 is 2.93 bits per heavy atom. The van der Waals surface area contributed by atoms with Crippen LogP contribution >= 0.6 is 24.0 Å². The van der Waals surface area contributed by atoms with Gasteiger partial charge in [-0.25, -0.2) is 0 Å². The third kappa shape index (κ3) is 5.68. The van der Waals surface area contributed by atoms with Crippen molar-refractivity contribution in [3.05, 3.63) is 30.2 Å². The summed E-state index contributed by atoms with van der Waals surface area (Å²) in [5, 5.41) is 3.92. The van der Waals surface area contributed by atoms with E-state index < -0.39 is 0 Å². The summed E-state index contributed by atoms with van der Waals surface area (Å²) in [6, 6.07) is 7.33. The van der Waals surface area contributed by atoms with E-state index in [0.717, 1.165) is 41.7 Å². The molecule has 0 saturated carbocycles. The molecular formula is C19H23N3O4S2. The quantitative estimate of drug-likeness (QED) is 0.514. The highest BCUT2D eigenvalue weighted by molar-refractivity contribution is 8.23. The molecule has 28 heavy (non-hydrogen) atoms. The largest absolute Gasteiger partial charge is 0.497 e. The van der Waals surface area contributed by atoms with Gasteiger partial charge in [0.05, 0.1) is 12.9 Å². The van der Waals surface area contributed by atoms with Crippen molar-refractivity contribution in [2.75, 3.05) is 26.0 Å². The standard InChI is InChI=1S/C19H23N3O4S2/c1-13-6-8-22(9-7-13)19(27)28-12-17(23)25-11-16-20-18(21-26-16)14-4-3-5-15(10-14)24-2/h3-5,10,13H,6-9,11-12H2,1-2H3. The maximum atomic E-state index is 12.0. The van der Waals surface area contributed by atoms with Crippen LogP contribution in [0.3, 0.4) is 0 Å². The lowest BCUT2D eigenvalue weighted by Gasteiger charge is -2.31. The van der Waals surface area contributed by atoms with E-state index in [2.05, 4.69) is 22.0 Å². The van der Waals surface area contributed by atoms with Crippen LogP contribution in [-0.4, -0.2) is 51.3 Å². The van der Waals surface area contributed by atoms with Crippen LogP contribution in [-0.2, 0) is 16.1 Å². The average Bonchev–Trinajstić information content (AvgIpc) is 3.20. The summed E-state index contributed by atoms with van der Waals surface area (Å²) in [6.07, 6.45) is 2.27. The molecule has 0 bridgehead atoms. The smallest absolute Gasteiger partial charge is 0.316 e. The fourth-order valence-electron chi connectivity index (χ4n) is 2.78. The Kier molecular flexibility index (Phi) is 7.27. The number of methoxy groups -OCH3 is 1. The van der Waals surface area contributed by atoms with Crippen LogP contribution in [0.25, 0.3) is 11.4 Å². The van der Waals surface area contributed by atoms with Gasteiger partial charge in [0.25, 0.3) is 5.89 Å². The number of nitrogens with zero attached hydrogens (tertiary/aromatic N) is 3. The van der Waals surface area contributed by atoms with Crippen molar-refractivity contribution >= 4 is 34.3 Å². The number of ether oxygens (including phenoxy) is 2. The number of benzene rings is 1. The maximum absolute atomic E-state index is 12.0. The molecule has 0 aliphatic carbocycles. The summed E-state index contributed by atoms with van der Waals surface area (Å²) in [4.78, 5) is 18.4. The number of carbonyl (C=O) groups excluding carboxylic acids is 1. The molecule has 0 amide bonds. The van der Waals surface area contributed by atoms with E-state index in [0.29, 0.717) is 11.6 Å². The molecule has 0 N–H and O–H groups in total. The molecule has 1 saturated heterocycles. The third-order valence-electron chi connectivity index (χ3n) is 4.51. The van der Waals surface area contributed by atoms with E-state index in [4.69, 9.17) is 26.2 Å². The normalized spacial score (nSPS) is 14.7. The third-order valence-corrected chi connectivity index (χ3v) is 6.00. The number of carbonyl (C=O) groups is 1. The van der Waals surface area contributed by atoms with Gasteiger partial charge < -0.3 is 18.9 Å². The second kappa shape index (κ2) is 9.88. The number of aromatic nitrogens is 2. The predicted octanol–water partition coefficient (Wildman–Crippen LogP) is 3.54. The molecule has 1 aliphatic rings. The molecular weight excluding hydrogens is 398 g/mol. The molecule has 1 aromatic heterocycles. The first-order valence-corrected chi connectivity index (χ1v) is 10.5. The van der Waals surface area contributed by atoms with Gasteiger partial charge in [-0.05, 0) is 30.9 Å². The van der Waals surface area contributed by atoms with Gasteiger partial charge in [-0.2, -0.15) is 4.98 Å². The fraction of sp³-hybridized carbons (Fsp3) is 0.474. The van der Waals surface area contributed by atoms with Crippen LogP contribution in [0.4, 0.5) is 0 Å². The highest BCUT2D eigenvalue weighted by Gasteiger charge is 2.19. The van der Waals surface area contributed by atoms with Gasteiger partial charge >= 0.3 is 5.97 Å². The molecule has 2 aromatic rings. The van der Waals surface area contributed by atoms with Crippen LogP contribution < -0.4 is 4.74 Å². The van der Waals surface area contributed by atoms with E-state index in [-0.39, 0.29) is 24.2 Å². The zero-order chi connectivity index (χ0) is 19.9. The first kappa shape index (κ1) is 20.6. The van der Waals surface area contributed by atoms with Crippen LogP contribution in [0, 0.1) is 5.92 Å². The van der Waals surface area contributed by atoms with Gasteiger partial charge in [0, 0.05) is 18.7 Å². The summed E-state index contributed by atoms with van der Waals surface area (Å²) in [7, 11) is 1.59.